The molecule has 0 fully saturated rings. The van der Waals surface area contributed by atoms with Gasteiger partial charge in [0.1, 0.15) is 0 Å². The molecule has 128 valence electrons. The lowest BCUT2D eigenvalue weighted by molar-refractivity contribution is -0.136. The monoisotopic (exact) mass is 457 g/mol. The lowest BCUT2D eigenvalue weighted by atomic mass is 10.1. The molecule has 0 aliphatic carbocycles. The van der Waals surface area contributed by atoms with Gasteiger partial charge in [0.25, 0.3) is 5.91 Å². The molecule has 2 aromatic carbocycles. The van der Waals surface area contributed by atoms with E-state index in [0.717, 1.165) is 9.64 Å². The molecule has 25 heavy (non-hydrogen) atoms. The highest BCUT2D eigenvalue weighted by Crippen LogP contribution is 2.36. The van der Waals surface area contributed by atoms with Crippen molar-refractivity contribution in [2.75, 3.05) is 5.32 Å². The van der Waals surface area contributed by atoms with Crippen molar-refractivity contribution in [3.63, 3.8) is 0 Å². The second-order valence-electron chi connectivity index (χ2n) is 5.14. The minimum Gasteiger partial charge on any atom is -0.321 e. The third-order valence-electron chi connectivity index (χ3n) is 3.41. The van der Waals surface area contributed by atoms with Gasteiger partial charge in [0.05, 0.1) is 16.9 Å². The Bertz CT molecular complexity index is 908. The van der Waals surface area contributed by atoms with E-state index in [1.165, 1.54) is 23.0 Å². The smallest absolute Gasteiger partial charge is 0.321 e. The van der Waals surface area contributed by atoms with E-state index < -0.39 is 17.6 Å². The van der Waals surface area contributed by atoms with Crippen molar-refractivity contribution in [1.82, 2.24) is 9.78 Å². The zero-order valence-electron chi connectivity index (χ0n) is 12.6. The first-order valence-electron chi connectivity index (χ1n) is 7.13. The van der Waals surface area contributed by atoms with Crippen LogP contribution in [0.5, 0.6) is 0 Å². The summed E-state index contributed by atoms with van der Waals surface area (Å²) >= 11 is 2.03. The Balaban J connectivity index is 1.96. The minimum atomic E-state index is -4.61. The standard InChI is InChI=1S/C17H11F3IN3O/c18-17(19,20)14-10-13(24-8-2-7-22-24)5-6-15(14)23-16(25)11-3-1-4-12(21)9-11/h1-10H,(H,23,25). The molecule has 0 aliphatic heterocycles. The summed E-state index contributed by atoms with van der Waals surface area (Å²) in [5.74, 6) is -0.601. The van der Waals surface area contributed by atoms with Crippen molar-refractivity contribution in [3.05, 3.63) is 75.6 Å². The largest absolute Gasteiger partial charge is 0.418 e. The zero-order valence-corrected chi connectivity index (χ0v) is 14.7. The van der Waals surface area contributed by atoms with E-state index in [1.54, 1.807) is 36.5 Å². The van der Waals surface area contributed by atoms with Crippen molar-refractivity contribution in [3.8, 4) is 5.69 Å². The molecule has 4 nitrogen and oxygen atoms in total. The van der Waals surface area contributed by atoms with Crippen molar-refractivity contribution < 1.29 is 18.0 Å². The fraction of sp³-hybridized carbons (Fsp3) is 0.0588. The predicted molar refractivity (Wildman–Crippen MR) is 95.7 cm³/mol. The van der Waals surface area contributed by atoms with E-state index in [4.69, 9.17) is 0 Å². The number of hydrogen-bond donors (Lipinski definition) is 1. The van der Waals surface area contributed by atoms with Crippen LogP contribution in [0.25, 0.3) is 5.69 Å². The van der Waals surface area contributed by atoms with Gasteiger partial charge in [-0.1, -0.05) is 6.07 Å². The first-order chi connectivity index (χ1) is 11.8. The fourth-order valence-corrected chi connectivity index (χ4v) is 2.81. The highest BCUT2D eigenvalue weighted by atomic mass is 127. The Kier molecular flexibility index (Phi) is 4.80. The van der Waals surface area contributed by atoms with Crippen LogP contribution in [0.2, 0.25) is 0 Å². The summed E-state index contributed by atoms with van der Waals surface area (Å²) < 4.78 is 42.3. The van der Waals surface area contributed by atoms with E-state index in [2.05, 4.69) is 10.4 Å². The Morgan fingerprint density at radius 3 is 2.56 bits per heavy atom. The van der Waals surface area contributed by atoms with Crippen molar-refractivity contribution >= 4 is 34.2 Å². The third kappa shape index (κ3) is 4.01. The molecule has 0 spiro atoms. The summed E-state index contributed by atoms with van der Waals surface area (Å²) in [6.07, 6.45) is -1.60. The number of halogens is 4. The van der Waals surface area contributed by atoms with Gasteiger partial charge in [0, 0.05) is 21.5 Å². The number of benzene rings is 2. The molecule has 8 heteroatoms. The summed E-state index contributed by atoms with van der Waals surface area (Å²) in [6.45, 7) is 0. The van der Waals surface area contributed by atoms with Gasteiger partial charge < -0.3 is 5.32 Å². The normalized spacial score (nSPS) is 11.4. The van der Waals surface area contributed by atoms with E-state index >= 15 is 0 Å². The first-order valence-corrected chi connectivity index (χ1v) is 8.20. The Morgan fingerprint density at radius 2 is 1.92 bits per heavy atom. The van der Waals surface area contributed by atoms with Gasteiger partial charge in [-0.25, -0.2) is 4.68 Å². The van der Waals surface area contributed by atoms with E-state index in [-0.39, 0.29) is 16.9 Å². The molecule has 0 bridgehead atoms. The maximum atomic E-state index is 13.4. The van der Waals surface area contributed by atoms with Crippen molar-refractivity contribution in [1.29, 1.82) is 0 Å². The SMILES string of the molecule is O=C(Nc1ccc(-n2cccn2)cc1C(F)(F)F)c1cccc(I)c1. The molecular weight excluding hydrogens is 446 g/mol. The summed E-state index contributed by atoms with van der Waals surface area (Å²) in [6, 6.07) is 11.9. The molecule has 1 aromatic heterocycles. The van der Waals surface area contributed by atoms with Crippen molar-refractivity contribution in [2.24, 2.45) is 0 Å². The summed E-state index contributed by atoms with van der Waals surface area (Å²) in [5, 5.41) is 6.26. The Hall–Kier alpha value is -2.36. The molecule has 0 saturated heterocycles. The molecule has 0 aliphatic rings. The molecule has 3 rings (SSSR count). The van der Waals surface area contributed by atoms with Crippen molar-refractivity contribution in [2.45, 2.75) is 6.18 Å². The predicted octanol–water partition coefficient (Wildman–Crippen LogP) is 4.75. The lowest BCUT2D eigenvalue weighted by Gasteiger charge is -2.15. The molecule has 1 N–H and O–H groups in total. The maximum Gasteiger partial charge on any atom is 0.418 e. The van der Waals surface area contributed by atoms with E-state index in [1.807, 2.05) is 22.6 Å². The number of nitrogens with zero attached hydrogens (tertiary/aromatic N) is 2. The van der Waals surface area contributed by atoms with E-state index in [9.17, 15) is 18.0 Å². The van der Waals surface area contributed by atoms with E-state index in [0.29, 0.717) is 0 Å². The number of nitrogens with one attached hydrogen (secondary N) is 1. The average molecular weight is 457 g/mol. The van der Waals surface area contributed by atoms with Crippen LogP contribution in [-0.4, -0.2) is 15.7 Å². The Labute approximate surface area is 154 Å². The quantitative estimate of drug-likeness (QED) is 0.578. The molecule has 0 atom stereocenters. The lowest BCUT2D eigenvalue weighted by Crippen LogP contribution is -2.17. The average Bonchev–Trinajstić information content (AvgIpc) is 3.08. The highest BCUT2D eigenvalue weighted by Gasteiger charge is 2.34. The molecule has 0 unspecified atom stereocenters. The summed E-state index contributed by atoms with van der Waals surface area (Å²) in [7, 11) is 0. The zero-order chi connectivity index (χ0) is 18.0. The van der Waals surface area contributed by atoms with Gasteiger partial charge in [-0.2, -0.15) is 18.3 Å². The first kappa shape index (κ1) is 17.5. The summed E-state index contributed by atoms with van der Waals surface area (Å²) in [4.78, 5) is 12.3. The number of hydrogen-bond acceptors (Lipinski definition) is 2. The number of amides is 1. The second kappa shape index (κ2) is 6.87. The molecule has 3 aromatic rings. The van der Waals surface area contributed by atoms with Gasteiger partial charge >= 0.3 is 6.18 Å². The van der Waals surface area contributed by atoms with Crippen LogP contribution in [0, 0.1) is 3.57 Å². The molecule has 0 saturated carbocycles. The number of aromatic nitrogens is 2. The number of carbonyl (C=O) groups is 1. The van der Waals surface area contributed by atoms with Crippen LogP contribution in [0.3, 0.4) is 0 Å². The molecule has 1 amide bonds. The number of anilines is 1. The van der Waals surface area contributed by atoms with Gasteiger partial charge in [-0.05, 0) is 65.1 Å². The van der Waals surface area contributed by atoms with Crippen LogP contribution in [0.15, 0.2) is 60.9 Å². The topological polar surface area (TPSA) is 46.9 Å². The minimum absolute atomic E-state index is 0.254. The number of rotatable bonds is 3. The second-order valence-corrected chi connectivity index (χ2v) is 6.39. The fourth-order valence-electron chi connectivity index (χ4n) is 2.26. The molecule has 0 radical (unpaired) electrons. The Morgan fingerprint density at radius 1 is 1.12 bits per heavy atom. The van der Waals surface area contributed by atoms with Crippen LogP contribution < -0.4 is 5.32 Å². The van der Waals surface area contributed by atoms with Crippen LogP contribution in [0.1, 0.15) is 15.9 Å². The number of carbonyl (C=O) groups excluding carboxylic acids is 1. The molecule has 1 heterocycles. The van der Waals surface area contributed by atoms with Crippen LogP contribution in [-0.2, 0) is 6.18 Å². The van der Waals surface area contributed by atoms with Gasteiger partial charge in [0.2, 0.25) is 0 Å². The molecular formula is C17H11F3IN3O. The van der Waals surface area contributed by atoms with Gasteiger partial charge in [-0.3, -0.25) is 4.79 Å². The maximum absolute atomic E-state index is 13.4. The number of alkyl halides is 3. The van der Waals surface area contributed by atoms with Crippen LogP contribution >= 0.6 is 22.6 Å². The highest BCUT2D eigenvalue weighted by molar-refractivity contribution is 14.1. The van der Waals surface area contributed by atoms with Crippen LogP contribution in [0.4, 0.5) is 18.9 Å². The van der Waals surface area contributed by atoms with Gasteiger partial charge in [-0.15, -0.1) is 0 Å². The third-order valence-corrected chi connectivity index (χ3v) is 4.08. The summed E-state index contributed by atoms with van der Waals surface area (Å²) in [5.41, 5.74) is -0.687. The van der Waals surface area contributed by atoms with Gasteiger partial charge in [0.15, 0.2) is 0 Å².